The number of carboxylic acids is 1. The predicted octanol–water partition coefficient (Wildman–Crippen LogP) is 3.19. The molecular formula is C14H14O4. The molecular weight excluding hydrogens is 232 g/mol. The largest absolute Gasteiger partial charge is 0.479 e. The van der Waals surface area contributed by atoms with Crippen LogP contribution in [0.1, 0.15) is 13.3 Å². The minimum atomic E-state index is -0.948. The molecule has 1 heterocycles. The molecule has 0 aliphatic rings. The van der Waals surface area contributed by atoms with Crippen LogP contribution in [-0.4, -0.2) is 17.2 Å². The molecule has 0 radical (unpaired) electrons. The summed E-state index contributed by atoms with van der Waals surface area (Å²) in [7, 11) is 0. The van der Waals surface area contributed by atoms with Gasteiger partial charge in [-0.05, 0) is 30.2 Å². The van der Waals surface area contributed by atoms with Crippen molar-refractivity contribution in [3.05, 3.63) is 42.9 Å². The number of carbonyl (C=O) groups is 1. The molecule has 4 heteroatoms. The van der Waals surface area contributed by atoms with E-state index in [-0.39, 0.29) is 0 Å². The standard InChI is InChI=1S/C14H14O4/c1-2-13(14(15)16)18-12-5-3-10(4-6-12)11-7-8-17-9-11/h3-9,13H,2H2,1H3,(H,15,16). The summed E-state index contributed by atoms with van der Waals surface area (Å²) in [5, 5.41) is 8.90. The van der Waals surface area contributed by atoms with Gasteiger partial charge in [0.1, 0.15) is 5.75 Å². The van der Waals surface area contributed by atoms with Crippen molar-refractivity contribution < 1.29 is 19.1 Å². The highest BCUT2D eigenvalue weighted by atomic mass is 16.5. The van der Waals surface area contributed by atoms with Gasteiger partial charge in [0.15, 0.2) is 6.10 Å². The van der Waals surface area contributed by atoms with Gasteiger partial charge >= 0.3 is 5.97 Å². The van der Waals surface area contributed by atoms with E-state index < -0.39 is 12.1 Å². The summed E-state index contributed by atoms with van der Waals surface area (Å²) in [6.45, 7) is 1.78. The summed E-state index contributed by atoms with van der Waals surface area (Å²) >= 11 is 0. The van der Waals surface area contributed by atoms with Crippen LogP contribution >= 0.6 is 0 Å². The Morgan fingerprint density at radius 2 is 2.00 bits per heavy atom. The second-order valence-electron chi connectivity index (χ2n) is 3.89. The van der Waals surface area contributed by atoms with Gasteiger partial charge in [0.05, 0.1) is 12.5 Å². The van der Waals surface area contributed by atoms with Gasteiger partial charge in [-0.1, -0.05) is 19.1 Å². The molecule has 2 rings (SSSR count). The van der Waals surface area contributed by atoms with E-state index >= 15 is 0 Å². The lowest BCUT2D eigenvalue weighted by Gasteiger charge is -2.13. The third-order valence-electron chi connectivity index (χ3n) is 2.63. The summed E-state index contributed by atoms with van der Waals surface area (Å²) in [4.78, 5) is 10.9. The van der Waals surface area contributed by atoms with Crippen molar-refractivity contribution in [3.8, 4) is 16.9 Å². The third kappa shape index (κ3) is 2.71. The van der Waals surface area contributed by atoms with E-state index in [4.69, 9.17) is 14.3 Å². The van der Waals surface area contributed by atoms with E-state index in [0.717, 1.165) is 11.1 Å². The minimum absolute atomic E-state index is 0.429. The van der Waals surface area contributed by atoms with Gasteiger partial charge in [0.25, 0.3) is 0 Å². The summed E-state index contributed by atoms with van der Waals surface area (Å²) in [6, 6.07) is 9.12. The molecule has 0 saturated heterocycles. The highest BCUT2D eigenvalue weighted by molar-refractivity contribution is 5.72. The molecule has 0 aliphatic heterocycles. The number of carboxylic acid groups (broad SMARTS) is 1. The molecule has 1 unspecified atom stereocenters. The first-order valence-corrected chi connectivity index (χ1v) is 5.73. The van der Waals surface area contributed by atoms with Gasteiger partial charge in [-0.25, -0.2) is 4.79 Å². The Morgan fingerprint density at radius 3 is 2.50 bits per heavy atom. The number of furan rings is 1. The Labute approximate surface area is 105 Å². The first-order valence-electron chi connectivity index (χ1n) is 5.73. The maximum Gasteiger partial charge on any atom is 0.344 e. The number of benzene rings is 1. The highest BCUT2D eigenvalue weighted by Crippen LogP contribution is 2.23. The van der Waals surface area contributed by atoms with E-state index in [1.807, 2.05) is 18.2 Å². The zero-order valence-electron chi connectivity index (χ0n) is 10.00. The fourth-order valence-corrected chi connectivity index (χ4v) is 1.63. The van der Waals surface area contributed by atoms with E-state index in [1.54, 1.807) is 31.6 Å². The first kappa shape index (κ1) is 12.2. The minimum Gasteiger partial charge on any atom is -0.479 e. The van der Waals surface area contributed by atoms with E-state index in [2.05, 4.69) is 0 Å². The van der Waals surface area contributed by atoms with Crippen LogP contribution in [0.5, 0.6) is 5.75 Å². The number of rotatable bonds is 5. The molecule has 0 amide bonds. The number of hydrogen-bond acceptors (Lipinski definition) is 3. The van der Waals surface area contributed by atoms with Crippen LogP contribution in [0, 0.1) is 0 Å². The molecule has 0 bridgehead atoms. The van der Waals surface area contributed by atoms with Crippen molar-refractivity contribution in [3.63, 3.8) is 0 Å². The van der Waals surface area contributed by atoms with Crippen molar-refractivity contribution in [1.29, 1.82) is 0 Å². The Bertz CT molecular complexity index is 499. The van der Waals surface area contributed by atoms with Crippen molar-refractivity contribution in [2.24, 2.45) is 0 Å². The molecule has 94 valence electrons. The molecule has 1 N–H and O–H groups in total. The molecule has 0 aliphatic carbocycles. The lowest BCUT2D eigenvalue weighted by molar-refractivity contribution is -0.145. The molecule has 0 spiro atoms. The Morgan fingerprint density at radius 1 is 1.28 bits per heavy atom. The van der Waals surface area contributed by atoms with Crippen LogP contribution in [0.4, 0.5) is 0 Å². The smallest absolute Gasteiger partial charge is 0.344 e. The Hall–Kier alpha value is -2.23. The van der Waals surface area contributed by atoms with Crippen molar-refractivity contribution in [2.45, 2.75) is 19.4 Å². The molecule has 1 atom stereocenters. The zero-order valence-corrected chi connectivity index (χ0v) is 10.00. The maximum atomic E-state index is 10.9. The first-order chi connectivity index (χ1) is 8.70. The Balaban J connectivity index is 2.10. The number of hydrogen-bond donors (Lipinski definition) is 1. The molecule has 1 aromatic heterocycles. The Kier molecular flexibility index (Phi) is 3.67. The zero-order chi connectivity index (χ0) is 13.0. The van der Waals surface area contributed by atoms with Crippen molar-refractivity contribution >= 4 is 5.97 Å². The number of ether oxygens (including phenoxy) is 1. The third-order valence-corrected chi connectivity index (χ3v) is 2.63. The average Bonchev–Trinajstić information content (AvgIpc) is 2.90. The van der Waals surface area contributed by atoms with Crippen LogP contribution in [-0.2, 0) is 4.79 Å². The lowest BCUT2D eigenvalue weighted by Crippen LogP contribution is -2.25. The normalized spacial score (nSPS) is 12.1. The predicted molar refractivity (Wildman–Crippen MR) is 66.5 cm³/mol. The van der Waals surface area contributed by atoms with Crippen LogP contribution in [0.2, 0.25) is 0 Å². The monoisotopic (exact) mass is 246 g/mol. The van der Waals surface area contributed by atoms with Gasteiger partial charge < -0.3 is 14.3 Å². The summed E-state index contributed by atoms with van der Waals surface area (Å²) in [5.41, 5.74) is 1.98. The summed E-state index contributed by atoms with van der Waals surface area (Å²) in [5.74, 6) is -0.395. The van der Waals surface area contributed by atoms with Gasteiger partial charge in [0.2, 0.25) is 0 Å². The molecule has 0 fully saturated rings. The summed E-state index contributed by atoms with van der Waals surface area (Å²) < 4.78 is 10.4. The van der Waals surface area contributed by atoms with Gasteiger partial charge in [-0.2, -0.15) is 0 Å². The second-order valence-corrected chi connectivity index (χ2v) is 3.89. The van der Waals surface area contributed by atoms with Gasteiger partial charge in [-0.15, -0.1) is 0 Å². The quantitative estimate of drug-likeness (QED) is 0.880. The second kappa shape index (κ2) is 5.40. The van der Waals surface area contributed by atoms with Gasteiger partial charge in [0, 0.05) is 5.56 Å². The van der Waals surface area contributed by atoms with Crippen LogP contribution in [0.3, 0.4) is 0 Å². The summed E-state index contributed by atoms with van der Waals surface area (Å²) in [6.07, 6.45) is 2.89. The van der Waals surface area contributed by atoms with E-state index in [0.29, 0.717) is 12.2 Å². The maximum absolute atomic E-state index is 10.9. The lowest BCUT2D eigenvalue weighted by atomic mass is 10.1. The SMILES string of the molecule is CCC(Oc1ccc(-c2ccoc2)cc1)C(=O)O. The van der Waals surface area contributed by atoms with E-state index in [9.17, 15) is 4.79 Å². The topological polar surface area (TPSA) is 59.7 Å². The molecule has 1 aromatic carbocycles. The fraction of sp³-hybridized carbons (Fsp3) is 0.214. The molecule has 4 nitrogen and oxygen atoms in total. The van der Waals surface area contributed by atoms with Crippen molar-refractivity contribution in [1.82, 2.24) is 0 Å². The van der Waals surface area contributed by atoms with Crippen LogP contribution in [0.15, 0.2) is 47.3 Å². The number of aliphatic carboxylic acids is 1. The van der Waals surface area contributed by atoms with Crippen LogP contribution in [0.25, 0.3) is 11.1 Å². The van der Waals surface area contributed by atoms with E-state index in [1.165, 1.54) is 0 Å². The van der Waals surface area contributed by atoms with Crippen LogP contribution < -0.4 is 4.74 Å². The average molecular weight is 246 g/mol. The molecule has 0 saturated carbocycles. The van der Waals surface area contributed by atoms with Gasteiger partial charge in [-0.3, -0.25) is 0 Å². The molecule has 18 heavy (non-hydrogen) atoms. The highest BCUT2D eigenvalue weighted by Gasteiger charge is 2.16. The molecule has 2 aromatic rings. The van der Waals surface area contributed by atoms with Crippen molar-refractivity contribution in [2.75, 3.05) is 0 Å². The fourth-order valence-electron chi connectivity index (χ4n) is 1.63.